The molecule has 4 heteroatoms. The lowest BCUT2D eigenvalue weighted by Gasteiger charge is -2.13. The lowest BCUT2D eigenvalue weighted by Crippen LogP contribution is -2.17. The third-order valence-corrected chi connectivity index (χ3v) is 3.56. The van der Waals surface area contributed by atoms with Crippen LogP contribution in [0.25, 0.3) is 11.3 Å². The monoisotopic (exact) mass is 278 g/mol. The van der Waals surface area contributed by atoms with E-state index in [1.54, 1.807) is 0 Å². The van der Waals surface area contributed by atoms with Gasteiger partial charge in [0.05, 0.1) is 29.9 Å². The average molecular weight is 279 g/mol. The van der Waals surface area contributed by atoms with Gasteiger partial charge >= 0.3 is 0 Å². The molecule has 2 heterocycles. The Morgan fingerprint density at radius 3 is 2.81 bits per heavy atom. The molecule has 0 aliphatic carbocycles. The first-order valence-electron chi connectivity index (χ1n) is 5.24. The minimum absolute atomic E-state index is 0.639. The fraction of sp³-hybridized carbons (Fsp3) is 0.250. The molecule has 0 atom stereocenters. The van der Waals surface area contributed by atoms with Gasteiger partial charge in [-0.05, 0) is 15.9 Å². The van der Waals surface area contributed by atoms with Crippen LogP contribution >= 0.6 is 15.9 Å². The van der Waals surface area contributed by atoms with E-state index in [0.717, 1.165) is 34.6 Å². The smallest absolute Gasteiger partial charge is 0.107 e. The highest BCUT2D eigenvalue weighted by Gasteiger charge is 2.19. The summed E-state index contributed by atoms with van der Waals surface area (Å²) in [5, 5.41) is 4.61. The third-order valence-electron chi connectivity index (χ3n) is 2.73. The molecule has 0 fully saturated rings. The summed E-state index contributed by atoms with van der Waals surface area (Å²) in [4.78, 5) is 0. The molecule has 0 spiro atoms. The van der Waals surface area contributed by atoms with Gasteiger partial charge in [-0.2, -0.15) is 5.10 Å². The zero-order valence-corrected chi connectivity index (χ0v) is 10.3. The van der Waals surface area contributed by atoms with Crippen LogP contribution in [0.1, 0.15) is 5.69 Å². The number of ether oxygens (including phenoxy) is 1. The molecule has 0 unspecified atom stereocenters. The van der Waals surface area contributed by atoms with Gasteiger partial charge in [0.25, 0.3) is 0 Å². The fourth-order valence-corrected chi connectivity index (χ4v) is 2.53. The van der Waals surface area contributed by atoms with E-state index in [0.29, 0.717) is 6.61 Å². The van der Waals surface area contributed by atoms with E-state index in [1.165, 1.54) is 0 Å². The van der Waals surface area contributed by atoms with Gasteiger partial charge in [-0.3, -0.25) is 4.68 Å². The number of rotatable bonds is 1. The first-order chi connectivity index (χ1) is 7.86. The Morgan fingerprint density at radius 2 is 2.06 bits per heavy atom. The van der Waals surface area contributed by atoms with Gasteiger partial charge in [-0.25, -0.2) is 0 Å². The Balaban J connectivity index is 2.12. The van der Waals surface area contributed by atoms with Crippen LogP contribution in [0, 0.1) is 0 Å². The molecule has 0 bridgehead atoms. The van der Waals surface area contributed by atoms with E-state index in [9.17, 15) is 0 Å². The second-order valence-electron chi connectivity index (χ2n) is 3.75. The van der Waals surface area contributed by atoms with Crippen molar-refractivity contribution in [3.05, 3.63) is 40.5 Å². The van der Waals surface area contributed by atoms with Crippen LogP contribution in [-0.2, 0) is 17.9 Å². The summed E-state index contributed by atoms with van der Waals surface area (Å²) in [6.07, 6.45) is 0. The molecule has 16 heavy (non-hydrogen) atoms. The van der Waals surface area contributed by atoms with Crippen molar-refractivity contribution < 1.29 is 4.74 Å². The van der Waals surface area contributed by atoms with Crippen LogP contribution in [0.2, 0.25) is 0 Å². The maximum Gasteiger partial charge on any atom is 0.107 e. The summed E-state index contributed by atoms with van der Waals surface area (Å²) in [7, 11) is 0. The summed E-state index contributed by atoms with van der Waals surface area (Å²) in [5.41, 5.74) is 3.27. The molecule has 1 aromatic heterocycles. The largest absolute Gasteiger partial charge is 0.373 e. The average Bonchev–Trinajstić information content (AvgIpc) is 2.69. The van der Waals surface area contributed by atoms with Gasteiger partial charge in [0.1, 0.15) is 5.69 Å². The Labute approximate surface area is 102 Å². The third kappa shape index (κ3) is 1.58. The van der Waals surface area contributed by atoms with Crippen molar-refractivity contribution in [1.82, 2.24) is 9.78 Å². The van der Waals surface area contributed by atoms with Crippen LogP contribution in [0.3, 0.4) is 0 Å². The molecule has 82 valence electrons. The molecule has 2 aromatic rings. The number of hydrogen-bond acceptors (Lipinski definition) is 2. The normalized spacial score (nSPS) is 14.8. The topological polar surface area (TPSA) is 27.1 Å². The summed E-state index contributed by atoms with van der Waals surface area (Å²) in [6.45, 7) is 2.22. The Morgan fingerprint density at radius 1 is 1.25 bits per heavy atom. The minimum atomic E-state index is 0.639. The number of halogens is 1. The molecule has 0 radical (unpaired) electrons. The minimum Gasteiger partial charge on any atom is -0.373 e. The first-order valence-corrected chi connectivity index (χ1v) is 6.04. The molecule has 3 rings (SSSR count). The highest BCUT2D eigenvalue weighted by Crippen LogP contribution is 2.31. The van der Waals surface area contributed by atoms with Crippen molar-refractivity contribution in [2.45, 2.75) is 13.2 Å². The summed E-state index contributed by atoms with van der Waals surface area (Å²) < 4.78 is 8.51. The lowest BCUT2D eigenvalue weighted by molar-refractivity contribution is 0.0796. The molecule has 0 N–H and O–H groups in total. The van der Waals surface area contributed by atoms with E-state index in [2.05, 4.69) is 33.2 Å². The van der Waals surface area contributed by atoms with Crippen molar-refractivity contribution in [1.29, 1.82) is 0 Å². The van der Waals surface area contributed by atoms with E-state index in [4.69, 9.17) is 4.74 Å². The van der Waals surface area contributed by atoms with Crippen molar-refractivity contribution >= 4 is 15.9 Å². The molecule has 1 aromatic carbocycles. The van der Waals surface area contributed by atoms with Gasteiger partial charge < -0.3 is 4.74 Å². The number of benzene rings is 1. The molecule has 0 amide bonds. The second kappa shape index (κ2) is 4.03. The highest BCUT2D eigenvalue weighted by atomic mass is 79.9. The van der Waals surface area contributed by atoms with Crippen LogP contribution in [-0.4, -0.2) is 16.4 Å². The zero-order valence-electron chi connectivity index (χ0n) is 8.69. The first kappa shape index (κ1) is 10.1. The Kier molecular flexibility index (Phi) is 2.53. The maximum absolute atomic E-state index is 5.44. The van der Waals surface area contributed by atoms with Crippen LogP contribution in [0.4, 0.5) is 0 Å². The zero-order chi connectivity index (χ0) is 11.0. The van der Waals surface area contributed by atoms with Crippen molar-refractivity contribution in [3.8, 4) is 11.3 Å². The molecule has 1 aliphatic heterocycles. The van der Waals surface area contributed by atoms with Gasteiger partial charge in [0.2, 0.25) is 0 Å². The van der Waals surface area contributed by atoms with Crippen LogP contribution < -0.4 is 0 Å². The fourth-order valence-electron chi connectivity index (χ4n) is 1.90. The predicted octanol–water partition coefficient (Wildman–Crippen LogP) is 2.84. The number of fused-ring (bicyclic) bond motifs is 1. The predicted molar refractivity (Wildman–Crippen MR) is 65.0 cm³/mol. The van der Waals surface area contributed by atoms with Crippen LogP contribution in [0.15, 0.2) is 34.8 Å². The number of hydrogen-bond donors (Lipinski definition) is 0. The van der Waals surface area contributed by atoms with Gasteiger partial charge in [0.15, 0.2) is 0 Å². The van der Waals surface area contributed by atoms with Crippen molar-refractivity contribution in [2.75, 3.05) is 6.61 Å². The van der Waals surface area contributed by atoms with Crippen LogP contribution in [0.5, 0.6) is 0 Å². The molecule has 0 saturated heterocycles. The summed E-state index contributed by atoms with van der Waals surface area (Å²) >= 11 is 3.61. The standard InChI is InChI=1S/C12H11BrN2O/c13-11-10-8-16-7-6-15(10)14-12(11)9-4-2-1-3-5-9/h1-5H,6-8H2. The number of nitrogens with zero attached hydrogens (tertiary/aromatic N) is 2. The summed E-state index contributed by atoms with van der Waals surface area (Å²) in [5.74, 6) is 0. The Hall–Kier alpha value is -1.13. The van der Waals surface area contributed by atoms with Gasteiger partial charge in [-0.15, -0.1) is 0 Å². The van der Waals surface area contributed by atoms with Crippen molar-refractivity contribution in [3.63, 3.8) is 0 Å². The molecular formula is C12H11BrN2O. The van der Waals surface area contributed by atoms with E-state index >= 15 is 0 Å². The van der Waals surface area contributed by atoms with E-state index in [1.807, 2.05) is 22.9 Å². The van der Waals surface area contributed by atoms with E-state index < -0.39 is 0 Å². The van der Waals surface area contributed by atoms with E-state index in [-0.39, 0.29) is 0 Å². The molecule has 1 aliphatic rings. The second-order valence-corrected chi connectivity index (χ2v) is 4.54. The lowest BCUT2D eigenvalue weighted by atomic mass is 10.1. The maximum atomic E-state index is 5.44. The SMILES string of the molecule is Brc1c(-c2ccccc2)nn2c1COCC2. The van der Waals surface area contributed by atoms with Gasteiger partial charge in [-0.1, -0.05) is 30.3 Å². The molecular weight excluding hydrogens is 268 g/mol. The summed E-state index contributed by atoms with van der Waals surface area (Å²) in [6, 6.07) is 10.2. The molecule has 3 nitrogen and oxygen atoms in total. The Bertz CT molecular complexity index is 507. The quantitative estimate of drug-likeness (QED) is 0.802. The molecule has 0 saturated carbocycles. The number of aromatic nitrogens is 2. The van der Waals surface area contributed by atoms with Crippen molar-refractivity contribution in [2.24, 2.45) is 0 Å². The highest BCUT2D eigenvalue weighted by molar-refractivity contribution is 9.10. The van der Waals surface area contributed by atoms with Gasteiger partial charge in [0, 0.05) is 5.56 Å².